The van der Waals surface area contributed by atoms with Gasteiger partial charge in [0.05, 0.1) is 12.1 Å². The first kappa shape index (κ1) is 13.0. The molecule has 0 atom stereocenters. The first-order valence-electron chi connectivity index (χ1n) is 6.44. The molecule has 0 aliphatic carbocycles. The molecule has 2 rings (SSSR count). The molecule has 0 bridgehead atoms. The van der Waals surface area contributed by atoms with Gasteiger partial charge in [0.25, 0.3) is 0 Å². The van der Waals surface area contributed by atoms with Crippen LogP contribution in [0.4, 0.5) is 0 Å². The number of aryl methyl sites for hydroxylation is 1. The fourth-order valence-corrected chi connectivity index (χ4v) is 2.08. The Bertz CT molecular complexity index is 479. The summed E-state index contributed by atoms with van der Waals surface area (Å²) in [6.07, 6.45) is 4.12. The van der Waals surface area contributed by atoms with Crippen molar-refractivity contribution in [2.75, 3.05) is 26.8 Å². The van der Waals surface area contributed by atoms with E-state index in [0.717, 1.165) is 38.1 Å². The Morgan fingerprint density at radius 1 is 1.17 bits per heavy atom. The maximum absolute atomic E-state index is 4.99. The van der Waals surface area contributed by atoms with E-state index in [2.05, 4.69) is 34.6 Å². The highest BCUT2D eigenvalue weighted by Crippen LogP contribution is 2.17. The normalized spacial score (nSPS) is 10.9. The molecule has 1 aromatic carbocycles. The second-order valence-electron chi connectivity index (χ2n) is 4.33. The number of benzene rings is 1. The van der Waals surface area contributed by atoms with Crippen LogP contribution in [0.5, 0.6) is 0 Å². The summed E-state index contributed by atoms with van der Waals surface area (Å²) in [6, 6.07) is 10.4. The number of hydrogen-bond donors (Lipinski definition) is 1. The molecule has 96 valence electrons. The molecule has 0 unspecified atom stereocenters. The van der Waals surface area contributed by atoms with Crippen LogP contribution in [0.2, 0.25) is 0 Å². The molecular weight excluding hydrogens is 224 g/mol. The molecule has 0 spiro atoms. The van der Waals surface area contributed by atoms with E-state index >= 15 is 0 Å². The number of ether oxygens (including phenoxy) is 1. The van der Waals surface area contributed by atoms with Gasteiger partial charge in [-0.3, -0.25) is 4.98 Å². The molecule has 2 aromatic rings. The van der Waals surface area contributed by atoms with Gasteiger partial charge in [-0.2, -0.15) is 0 Å². The van der Waals surface area contributed by atoms with Gasteiger partial charge in [0.2, 0.25) is 0 Å². The zero-order valence-electron chi connectivity index (χ0n) is 10.9. The minimum absolute atomic E-state index is 0.776. The van der Waals surface area contributed by atoms with Gasteiger partial charge in [-0.25, -0.2) is 0 Å². The summed E-state index contributed by atoms with van der Waals surface area (Å²) >= 11 is 0. The molecular formula is C15H20N2O. The Balaban J connectivity index is 1.88. The Labute approximate surface area is 108 Å². The van der Waals surface area contributed by atoms with Gasteiger partial charge in [-0.1, -0.05) is 18.2 Å². The minimum atomic E-state index is 0.776. The Morgan fingerprint density at radius 2 is 2.06 bits per heavy atom. The molecule has 0 radical (unpaired) electrons. The van der Waals surface area contributed by atoms with Crippen LogP contribution in [0.15, 0.2) is 36.5 Å². The summed E-state index contributed by atoms with van der Waals surface area (Å²) in [7, 11) is 1.73. The van der Waals surface area contributed by atoms with Crippen molar-refractivity contribution in [3.63, 3.8) is 0 Å². The average Bonchev–Trinajstić information content (AvgIpc) is 2.43. The average molecular weight is 244 g/mol. The zero-order chi connectivity index (χ0) is 12.6. The number of para-hydroxylation sites is 1. The first-order chi connectivity index (χ1) is 8.92. The molecule has 0 aliphatic rings. The monoisotopic (exact) mass is 244 g/mol. The van der Waals surface area contributed by atoms with E-state index in [4.69, 9.17) is 4.74 Å². The van der Waals surface area contributed by atoms with E-state index in [9.17, 15) is 0 Å². The van der Waals surface area contributed by atoms with Crippen molar-refractivity contribution in [1.29, 1.82) is 0 Å². The second-order valence-corrected chi connectivity index (χ2v) is 4.33. The molecule has 3 heteroatoms. The van der Waals surface area contributed by atoms with E-state index < -0.39 is 0 Å². The predicted octanol–water partition coefficient (Wildman–Crippen LogP) is 2.40. The molecule has 0 saturated carbocycles. The fourth-order valence-electron chi connectivity index (χ4n) is 2.08. The lowest BCUT2D eigenvalue weighted by Crippen LogP contribution is -2.20. The van der Waals surface area contributed by atoms with E-state index in [1.54, 1.807) is 7.11 Å². The fraction of sp³-hybridized carbons (Fsp3) is 0.400. The van der Waals surface area contributed by atoms with Crippen molar-refractivity contribution in [3.05, 3.63) is 42.1 Å². The number of fused-ring (bicyclic) bond motifs is 1. The van der Waals surface area contributed by atoms with E-state index in [0.29, 0.717) is 0 Å². The van der Waals surface area contributed by atoms with Gasteiger partial charge in [0, 0.05) is 25.2 Å². The van der Waals surface area contributed by atoms with Gasteiger partial charge in [-0.05, 0) is 37.1 Å². The van der Waals surface area contributed by atoms with Gasteiger partial charge in [0.15, 0.2) is 0 Å². The smallest absolute Gasteiger partial charge is 0.0704 e. The van der Waals surface area contributed by atoms with Gasteiger partial charge in [0.1, 0.15) is 0 Å². The molecule has 0 amide bonds. The minimum Gasteiger partial charge on any atom is -0.383 e. The predicted molar refractivity (Wildman–Crippen MR) is 74.8 cm³/mol. The molecule has 0 fully saturated rings. The highest BCUT2D eigenvalue weighted by molar-refractivity contribution is 5.81. The number of rotatable bonds is 7. The van der Waals surface area contributed by atoms with E-state index in [-0.39, 0.29) is 0 Å². The number of nitrogens with zero attached hydrogens (tertiary/aromatic N) is 1. The third-order valence-electron chi connectivity index (χ3n) is 3.02. The highest BCUT2D eigenvalue weighted by Gasteiger charge is 2.00. The summed E-state index contributed by atoms with van der Waals surface area (Å²) in [4.78, 5) is 4.38. The van der Waals surface area contributed by atoms with Crippen molar-refractivity contribution < 1.29 is 4.74 Å². The summed E-state index contributed by atoms with van der Waals surface area (Å²) in [5, 5.41) is 4.64. The number of nitrogens with one attached hydrogen (secondary N) is 1. The molecule has 1 N–H and O–H groups in total. The maximum Gasteiger partial charge on any atom is 0.0704 e. The van der Waals surface area contributed by atoms with Gasteiger partial charge < -0.3 is 10.1 Å². The molecule has 1 aromatic heterocycles. The molecule has 0 saturated heterocycles. The van der Waals surface area contributed by atoms with Crippen molar-refractivity contribution in [1.82, 2.24) is 10.3 Å². The van der Waals surface area contributed by atoms with Gasteiger partial charge >= 0.3 is 0 Å². The lowest BCUT2D eigenvalue weighted by atomic mass is 10.0. The lowest BCUT2D eigenvalue weighted by molar-refractivity contribution is 0.199. The standard InChI is InChI=1S/C15H20N2O/c1-18-12-11-16-9-4-5-13-8-10-17-15-7-3-2-6-14(13)15/h2-3,6-8,10,16H,4-5,9,11-12H2,1H3. The van der Waals surface area contributed by atoms with Crippen molar-refractivity contribution in [3.8, 4) is 0 Å². The Hall–Kier alpha value is -1.45. The number of methoxy groups -OCH3 is 1. The van der Waals surface area contributed by atoms with Crippen LogP contribution in [0.3, 0.4) is 0 Å². The molecule has 0 aliphatic heterocycles. The third-order valence-corrected chi connectivity index (χ3v) is 3.02. The summed E-state index contributed by atoms with van der Waals surface area (Å²) in [6.45, 7) is 2.73. The van der Waals surface area contributed by atoms with Crippen LogP contribution in [0, 0.1) is 0 Å². The van der Waals surface area contributed by atoms with Crippen LogP contribution in [-0.2, 0) is 11.2 Å². The highest BCUT2D eigenvalue weighted by atomic mass is 16.5. The topological polar surface area (TPSA) is 34.1 Å². The Kier molecular flexibility index (Phi) is 5.12. The largest absolute Gasteiger partial charge is 0.383 e. The third kappa shape index (κ3) is 3.52. The van der Waals surface area contributed by atoms with E-state index in [1.165, 1.54) is 10.9 Å². The van der Waals surface area contributed by atoms with Crippen molar-refractivity contribution >= 4 is 10.9 Å². The molecule has 1 heterocycles. The quantitative estimate of drug-likeness (QED) is 0.759. The van der Waals surface area contributed by atoms with E-state index in [1.807, 2.05) is 12.3 Å². The Morgan fingerprint density at radius 3 is 2.94 bits per heavy atom. The maximum atomic E-state index is 4.99. The van der Waals surface area contributed by atoms with Crippen molar-refractivity contribution in [2.24, 2.45) is 0 Å². The van der Waals surface area contributed by atoms with Gasteiger partial charge in [-0.15, -0.1) is 0 Å². The summed E-state index contributed by atoms with van der Waals surface area (Å²) in [5.74, 6) is 0. The summed E-state index contributed by atoms with van der Waals surface area (Å²) < 4.78 is 4.99. The van der Waals surface area contributed by atoms with Crippen LogP contribution < -0.4 is 5.32 Å². The number of hydrogen-bond acceptors (Lipinski definition) is 3. The van der Waals surface area contributed by atoms with Crippen molar-refractivity contribution in [2.45, 2.75) is 12.8 Å². The van der Waals surface area contributed by atoms with Crippen LogP contribution in [0.1, 0.15) is 12.0 Å². The molecule has 3 nitrogen and oxygen atoms in total. The first-order valence-corrected chi connectivity index (χ1v) is 6.44. The second kappa shape index (κ2) is 7.09. The van der Waals surface area contributed by atoms with Crippen LogP contribution >= 0.6 is 0 Å². The summed E-state index contributed by atoms with van der Waals surface area (Å²) in [5.41, 5.74) is 2.47. The lowest BCUT2D eigenvalue weighted by Gasteiger charge is -2.06. The van der Waals surface area contributed by atoms with Crippen LogP contribution in [0.25, 0.3) is 10.9 Å². The SMILES string of the molecule is COCCNCCCc1ccnc2ccccc12. The zero-order valence-corrected chi connectivity index (χ0v) is 10.9. The number of pyridine rings is 1. The number of aromatic nitrogens is 1. The van der Waals surface area contributed by atoms with Crippen LogP contribution in [-0.4, -0.2) is 31.8 Å². The molecule has 18 heavy (non-hydrogen) atoms.